The first kappa shape index (κ1) is 13.9. The molecule has 0 aliphatic heterocycles. The Morgan fingerprint density at radius 3 is 2.38 bits per heavy atom. The zero-order chi connectivity index (χ0) is 15.0. The number of aromatic nitrogens is 3. The molecule has 108 valence electrons. The van der Waals surface area contributed by atoms with Gasteiger partial charge in [0.05, 0.1) is 5.56 Å². The summed E-state index contributed by atoms with van der Waals surface area (Å²) in [5, 5.41) is 4.66. The fourth-order valence-corrected chi connectivity index (χ4v) is 2.18. The molecule has 0 aliphatic carbocycles. The largest absolute Gasteiger partial charge is 0.416 e. The molecule has 0 unspecified atom stereocenters. The monoisotopic (exact) mass is 311 g/mol. The van der Waals surface area contributed by atoms with Crippen molar-refractivity contribution in [1.29, 1.82) is 0 Å². The average molecular weight is 312 g/mol. The van der Waals surface area contributed by atoms with E-state index in [1.54, 1.807) is 18.2 Å². The fraction of sp³-hybridized carbons (Fsp3) is 0.143. The summed E-state index contributed by atoms with van der Waals surface area (Å²) >= 11 is 5.98. The average Bonchev–Trinajstić information content (AvgIpc) is 2.82. The number of hydrogen-bond acceptors (Lipinski definition) is 2. The summed E-state index contributed by atoms with van der Waals surface area (Å²) in [6, 6.07) is 10.2. The molecule has 0 aliphatic rings. The van der Waals surface area contributed by atoms with E-state index in [-0.39, 0.29) is 0 Å². The van der Waals surface area contributed by atoms with E-state index in [4.69, 9.17) is 11.6 Å². The molecule has 0 N–H and O–H groups in total. The molecule has 0 spiro atoms. The van der Waals surface area contributed by atoms with Gasteiger partial charge in [-0.1, -0.05) is 29.8 Å². The van der Waals surface area contributed by atoms with Gasteiger partial charge in [-0.3, -0.25) is 0 Å². The molecule has 2 aromatic heterocycles. The molecule has 1 aromatic carbocycles. The van der Waals surface area contributed by atoms with Crippen molar-refractivity contribution in [3.63, 3.8) is 0 Å². The Labute approximate surface area is 123 Å². The van der Waals surface area contributed by atoms with Crippen LogP contribution < -0.4 is 0 Å². The van der Waals surface area contributed by atoms with E-state index < -0.39 is 11.7 Å². The van der Waals surface area contributed by atoms with Gasteiger partial charge in [-0.25, -0.2) is 9.50 Å². The highest BCUT2D eigenvalue weighted by atomic mass is 35.5. The Hall–Kier alpha value is -2.08. The van der Waals surface area contributed by atoms with E-state index in [1.807, 2.05) is 0 Å². The lowest BCUT2D eigenvalue weighted by Gasteiger charge is -2.06. The number of pyridine rings is 1. The molecular formula is C14H9ClF3N3. The number of fused-ring (bicyclic) bond motifs is 1. The van der Waals surface area contributed by atoms with Crippen LogP contribution in [0.15, 0.2) is 42.5 Å². The summed E-state index contributed by atoms with van der Waals surface area (Å²) in [6.07, 6.45) is -3.98. The predicted octanol–water partition coefficient (Wildman–Crippen LogP) is 3.99. The minimum Gasteiger partial charge on any atom is -0.212 e. The van der Waals surface area contributed by atoms with Gasteiger partial charge in [0.1, 0.15) is 5.15 Å². The third-order valence-corrected chi connectivity index (χ3v) is 3.29. The van der Waals surface area contributed by atoms with Gasteiger partial charge >= 0.3 is 6.18 Å². The van der Waals surface area contributed by atoms with Crippen LogP contribution in [-0.4, -0.2) is 14.6 Å². The standard InChI is InChI=1S/C14H9ClF3N3/c15-11-2-1-3-13-19-12(20-21(11)13)8-9-4-6-10(7-5-9)14(16,17)18/h1-7H,8H2. The molecule has 3 rings (SSSR count). The zero-order valence-electron chi connectivity index (χ0n) is 10.6. The van der Waals surface area contributed by atoms with Gasteiger partial charge in [-0.15, -0.1) is 5.10 Å². The predicted molar refractivity (Wildman–Crippen MR) is 72.2 cm³/mol. The van der Waals surface area contributed by atoms with E-state index in [0.29, 0.717) is 28.6 Å². The highest BCUT2D eigenvalue weighted by Gasteiger charge is 2.29. The van der Waals surface area contributed by atoms with Crippen molar-refractivity contribution in [2.45, 2.75) is 12.6 Å². The number of halogens is 4. The molecule has 0 bridgehead atoms. The number of rotatable bonds is 2. The molecule has 0 radical (unpaired) electrons. The van der Waals surface area contributed by atoms with Crippen LogP contribution in [-0.2, 0) is 12.6 Å². The lowest BCUT2D eigenvalue weighted by molar-refractivity contribution is -0.137. The highest BCUT2D eigenvalue weighted by Crippen LogP contribution is 2.29. The molecule has 7 heteroatoms. The molecule has 0 fully saturated rings. The molecule has 3 nitrogen and oxygen atoms in total. The summed E-state index contributed by atoms with van der Waals surface area (Å²) < 4.78 is 39.0. The van der Waals surface area contributed by atoms with E-state index in [1.165, 1.54) is 16.6 Å². The van der Waals surface area contributed by atoms with Crippen molar-refractivity contribution < 1.29 is 13.2 Å². The fourth-order valence-electron chi connectivity index (χ4n) is 1.99. The van der Waals surface area contributed by atoms with Crippen molar-refractivity contribution in [2.75, 3.05) is 0 Å². The van der Waals surface area contributed by atoms with Crippen LogP contribution in [0.25, 0.3) is 5.65 Å². The molecule has 0 saturated carbocycles. The van der Waals surface area contributed by atoms with Crippen molar-refractivity contribution in [1.82, 2.24) is 14.6 Å². The smallest absolute Gasteiger partial charge is 0.212 e. The third kappa shape index (κ3) is 2.85. The van der Waals surface area contributed by atoms with Gasteiger partial charge < -0.3 is 0 Å². The maximum absolute atomic E-state index is 12.5. The van der Waals surface area contributed by atoms with Crippen LogP contribution in [0, 0.1) is 0 Å². The van der Waals surface area contributed by atoms with E-state index in [2.05, 4.69) is 10.1 Å². The Morgan fingerprint density at radius 1 is 1.05 bits per heavy atom. The molecule has 0 amide bonds. The van der Waals surface area contributed by atoms with Crippen molar-refractivity contribution >= 4 is 17.2 Å². The first-order chi connectivity index (χ1) is 9.93. The Balaban J connectivity index is 1.87. The maximum Gasteiger partial charge on any atom is 0.416 e. The molecular weight excluding hydrogens is 303 g/mol. The zero-order valence-corrected chi connectivity index (χ0v) is 11.4. The number of nitrogens with zero attached hydrogens (tertiary/aromatic N) is 3. The summed E-state index contributed by atoms with van der Waals surface area (Å²) in [4.78, 5) is 4.29. The second-order valence-corrected chi connectivity index (χ2v) is 4.91. The molecule has 0 atom stereocenters. The second kappa shape index (κ2) is 5.04. The second-order valence-electron chi connectivity index (χ2n) is 4.52. The molecule has 3 aromatic rings. The number of hydrogen-bond donors (Lipinski definition) is 0. The van der Waals surface area contributed by atoms with Crippen LogP contribution in [0.4, 0.5) is 13.2 Å². The van der Waals surface area contributed by atoms with Crippen molar-refractivity contribution in [3.05, 3.63) is 64.6 Å². The topological polar surface area (TPSA) is 30.2 Å². The Kier molecular flexibility index (Phi) is 3.33. The first-order valence-electron chi connectivity index (χ1n) is 6.10. The van der Waals surface area contributed by atoms with Gasteiger partial charge in [-0.2, -0.15) is 13.2 Å². The van der Waals surface area contributed by atoms with E-state index in [0.717, 1.165) is 12.1 Å². The summed E-state index contributed by atoms with van der Waals surface area (Å²) in [5.74, 6) is 0.503. The maximum atomic E-state index is 12.5. The lowest BCUT2D eigenvalue weighted by atomic mass is 10.1. The molecule has 21 heavy (non-hydrogen) atoms. The van der Waals surface area contributed by atoms with Gasteiger partial charge in [-0.05, 0) is 29.8 Å². The minimum absolute atomic E-state index is 0.343. The van der Waals surface area contributed by atoms with Crippen LogP contribution in [0.3, 0.4) is 0 Å². The van der Waals surface area contributed by atoms with E-state index >= 15 is 0 Å². The van der Waals surface area contributed by atoms with Crippen LogP contribution in [0.1, 0.15) is 17.0 Å². The van der Waals surface area contributed by atoms with Gasteiger partial charge in [0.25, 0.3) is 0 Å². The number of benzene rings is 1. The highest BCUT2D eigenvalue weighted by molar-refractivity contribution is 6.29. The Morgan fingerprint density at radius 2 is 1.76 bits per heavy atom. The minimum atomic E-state index is -4.33. The first-order valence-corrected chi connectivity index (χ1v) is 6.47. The lowest BCUT2D eigenvalue weighted by Crippen LogP contribution is -2.04. The molecule has 2 heterocycles. The summed E-state index contributed by atoms with van der Waals surface area (Å²) in [7, 11) is 0. The van der Waals surface area contributed by atoms with Crippen LogP contribution in [0.2, 0.25) is 5.15 Å². The van der Waals surface area contributed by atoms with Gasteiger partial charge in [0.2, 0.25) is 0 Å². The quantitative estimate of drug-likeness (QED) is 0.670. The SMILES string of the molecule is FC(F)(F)c1ccc(Cc2nc3cccc(Cl)n3n2)cc1. The van der Waals surface area contributed by atoms with E-state index in [9.17, 15) is 13.2 Å². The number of alkyl halides is 3. The molecule has 0 saturated heterocycles. The van der Waals surface area contributed by atoms with Gasteiger partial charge in [0.15, 0.2) is 11.5 Å². The normalized spacial score (nSPS) is 12.0. The summed E-state index contributed by atoms with van der Waals surface area (Å²) in [6.45, 7) is 0. The van der Waals surface area contributed by atoms with Crippen molar-refractivity contribution in [2.24, 2.45) is 0 Å². The van der Waals surface area contributed by atoms with Crippen LogP contribution >= 0.6 is 11.6 Å². The third-order valence-electron chi connectivity index (χ3n) is 3.00. The van der Waals surface area contributed by atoms with Crippen molar-refractivity contribution in [3.8, 4) is 0 Å². The summed E-state index contributed by atoms with van der Waals surface area (Å²) in [5.41, 5.74) is 0.636. The van der Waals surface area contributed by atoms with Gasteiger partial charge in [0, 0.05) is 6.42 Å². The Bertz CT molecular complexity index is 778. The van der Waals surface area contributed by atoms with Crippen LogP contribution in [0.5, 0.6) is 0 Å².